The molecule has 0 aromatic carbocycles. The van der Waals surface area contributed by atoms with Crippen molar-refractivity contribution in [1.82, 2.24) is 0 Å². The zero-order valence-electron chi connectivity index (χ0n) is 6.29. The Morgan fingerprint density at radius 3 is 3.00 bits per heavy atom. The third-order valence-electron chi connectivity index (χ3n) is 1.66. The van der Waals surface area contributed by atoms with Crippen molar-refractivity contribution >= 4 is 6.21 Å². The summed E-state index contributed by atoms with van der Waals surface area (Å²) in [5.41, 5.74) is 0. The number of rotatable bonds is 2. The first-order valence-electron chi connectivity index (χ1n) is 3.54. The van der Waals surface area contributed by atoms with Crippen molar-refractivity contribution in [3.05, 3.63) is 13.3 Å². The van der Waals surface area contributed by atoms with Gasteiger partial charge in [-0.15, -0.1) is 6.42 Å². The van der Waals surface area contributed by atoms with Crippen LogP contribution in [0.3, 0.4) is 0 Å². The summed E-state index contributed by atoms with van der Waals surface area (Å²) in [7, 11) is 0. The van der Waals surface area contributed by atoms with Gasteiger partial charge in [-0.1, -0.05) is 6.54 Å². The van der Waals surface area contributed by atoms with E-state index in [-0.39, 0.29) is 32.7 Å². The molecule has 1 aliphatic heterocycles. The molecular weight excluding hydrogens is 199 g/mol. The second kappa shape index (κ2) is 6.48. The fourth-order valence-electron chi connectivity index (χ4n) is 1.09. The van der Waals surface area contributed by atoms with Gasteiger partial charge in [0.15, 0.2) is 0 Å². The van der Waals surface area contributed by atoms with Crippen molar-refractivity contribution in [3.63, 3.8) is 0 Å². The van der Waals surface area contributed by atoms with Crippen LogP contribution < -0.4 is 0 Å². The van der Waals surface area contributed by atoms with E-state index in [1.54, 1.807) is 0 Å². The molecule has 1 nitrogen and oxygen atoms in total. The number of nitrogens with zero attached hydrogens (tertiary/aromatic N) is 1. The van der Waals surface area contributed by atoms with Crippen LogP contribution in [0.1, 0.15) is 19.3 Å². The van der Waals surface area contributed by atoms with E-state index in [0.29, 0.717) is 0 Å². The average molecular weight is 212 g/mol. The Bertz CT molecular complexity index is 101. The summed E-state index contributed by atoms with van der Waals surface area (Å²) in [5, 5.41) is 0. The van der Waals surface area contributed by atoms with Gasteiger partial charge < -0.3 is 18.3 Å². The molecule has 0 saturated heterocycles. The molecule has 0 amide bonds. The summed E-state index contributed by atoms with van der Waals surface area (Å²) in [6.45, 7) is 4.74. The standard InChI is InChI=1S/C8H13N.Y/c1-2-3-8-4-6-9-7-5-8;/h4,7-8H,1-3,5-6H2;/q-2;. The fraction of sp³-hybridized carbons (Fsp3) is 0.625. The summed E-state index contributed by atoms with van der Waals surface area (Å²) < 4.78 is 0. The molecule has 10 heavy (non-hydrogen) atoms. The summed E-state index contributed by atoms with van der Waals surface area (Å²) in [6.07, 6.45) is 7.72. The van der Waals surface area contributed by atoms with E-state index in [9.17, 15) is 0 Å². The Kier molecular flexibility index (Phi) is 6.98. The van der Waals surface area contributed by atoms with Crippen LogP contribution in [-0.2, 0) is 32.7 Å². The van der Waals surface area contributed by atoms with Gasteiger partial charge in [0, 0.05) is 32.7 Å². The van der Waals surface area contributed by atoms with Gasteiger partial charge in [-0.3, -0.25) is 0 Å². The minimum Gasteiger partial charge on any atom is -0.343 e. The second-order valence-corrected chi connectivity index (χ2v) is 2.42. The smallest absolute Gasteiger partial charge is 0 e. The topological polar surface area (TPSA) is 12.4 Å². The van der Waals surface area contributed by atoms with Crippen LogP contribution in [0.2, 0.25) is 0 Å². The third kappa shape index (κ3) is 3.82. The molecule has 55 valence electrons. The first kappa shape index (κ1) is 10.8. The van der Waals surface area contributed by atoms with Gasteiger partial charge in [0.2, 0.25) is 0 Å². The molecule has 0 aliphatic carbocycles. The Balaban J connectivity index is 0.000000810. The molecule has 0 saturated carbocycles. The molecule has 0 spiro atoms. The first-order chi connectivity index (χ1) is 4.43. The quantitative estimate of drug-likeness (QED) is 0.620. The molecule has 0 N–H and O–H groups in total. The van der Waals surface area contributed by atoms with Crippen molar-refractivity contribution in [1.29, 1.82) is 0 Å². The second-order valence-electron chi connectivity index (χ2n) is 2.42. The van der Waals surface area contributed by atoms with Crippen LogP contribution in [0.15, 0.2) is 4.99 Å². The molecule has 1 heterocycles. The normalized spacial score (nSPS) is 23.9. The molecule has 1 unspecified atom stereocenters. The average Bonchev–Trinajstić information content (AvgIpc) is 1.91. The molecule has 0 aromatic heterocycles. The van der Waals surface area contributed by atoms with Gasteiger partial charge in [-0.25, -0.2) is 0 Å². The van der Waals surface area contributed by atoms with E-state index in [4.69, 9.17) is 0 Å². The monoisotopic (exact) mass is 212 g/mol. The molecule has 1 rings (SSSR count). The van der Waals surface area contributed by atoms with E-state index in [1.165, 1.54) is 6.42 Å². The molecular formula is C8H13NY-2. The van der Waals surface area contributed by atoms with Gasteiger partial charge in [-0.2, -0.15) is 12.3 Å². The summed E-state index contributed by atoms with van der Waals surface area (Å²) in [4.78, 5) is 4.11. The largest absolute Gasteiger partial charge is 0.343 e. The molecule has 1 atom stereocenters. The van der Waals surface area contributed by atoms with Crippen molar-refractivity contribution < 1.29 is 32.7 Å². The Hall–Kier alpha value is 0.774. The number of hydrogen-bond donors (Lipinski definition) is 0. The predicted octanol–water partition coefficient (Wildman–Crippen LogP) is 1.89. The van der Waals surface area contributed by atoms with Crippen LogP contribution in [0.4, 0.5) is 0 Å². The van der Waals surface area contributed by atoms with Gasteiger partial charge in [0.1, 0.15) is 0 Å². The van der Waals surface area contributed by atoms with Crippen molar-refractivity contribution in [3.8, 4) is 0 Å². The number of hydrogen-bond acceptors (Lipinski definition) is 1. The summed E-state index contributed by atoms with van der Waals surface area (Å²) in [6, 6.07) is 0. The van der Waals surface area contributed by atoms with Crippen molar-refractivity contribution in [2.75, 3.05) is 6.54 Å². The number of aliphatic imine (C=N–C) groups is 1. The molecule has 1 radical (unpaired) electrons. The van der Waals surface area contributed by atoms with E-state index < -0.39 is 0 Å². The maximum atomic E-state index is 4.11. The summed E-state index contributed by atoms with van der Waals surface area (Å²) in [5.74, 6) is 0.764. The molecule has 0 bridgehead atoms. The van der Waals surface area contributed by atoms with Crippen molar-refractivity contribution in [2.24, 2.45) is 10.9 Å². The van der Waals surface area contributed by atoms with E-state index in [2.05, 4.69) is 18.3 Å². The van der Waals surface area contributed by atoms with E-state index in [1.807, 2.05) is 6.21 Å². The van der Waals surface area contributed by atoms with E-state index >= 15 is 0 Å². The zero-order chi connectivity index (χ0) is 6.53. The van der Waals surface area contributed by atoms with Gasteiger partial charge in [0.25, 0.3) is 0 Å². The minimum atomic E-state index is 0. The van der Waals surface area contributed by atoms with Crippen LogP contribution in [-0.4, -0.2) is 12.8 Å². The van der Waals surface area contributed by atoms with Crippen molar-refractivity contribution in [2.45, 2.75) is 19.3 Å². The van der Waals surface area contributed by atoms with Gasteiger partial charge in [-0.05, 0) is 12.6 Å². The zero-order valence-corrected chi connectivity index (χ0v) is 9.13. The Morgan fingerprint density at radius 1 is 1.70 bits per heavy atom. The van der Waals surface area contributed by atoms with Crippen LogP contribution in [0, 0.1) is 19.3 Å². The van der Waals surface area contributed by atoms with Crippen LogP contribution >= 0.6 is 0 Å². The van der Waals surface area contributed by atoms with E-state index in [0.717, 1.165) is 25.3 Å². The molecule has 0 aromatic rings. The molecule has 2 heteroatoms. The first-order valence-corrected chi connectivity index (χ1v) is 3.54. The van der Waals surface area contributed by atoms with Crippen LogP contribution in [0.5, 0.6) is 0 Å². The molecule has 1 aliphatic rings. The van der Waals surface area contributed by atoms with Gasteiger partial charge in [0.05, 0.1) is 0 Å². The predicted molar refractivity (Wildman–Crippen MR) is 40.4 cm³/mol. The summed E-state index contributed by atoms with van der Waals surface area (Å²) >= 11 is 0. The Labute approximate surface area is 88.6 Å². The fourth-order valence-corrected chi connectivity index (χ4v) is 1.09. The maximum absolute atomic E-state index is 4.11. The Morgan fingerprint density at radius 2 is 2.50 bits per heavy atom. The van der Waals surface area contributed by atoms with Crippen LogP contribution in [0.25, 0.3) is 0 Å². The molecule has 0 fully saturated rings. The third-order valence-corrected chi connectivity index (χ3v) is 1.66. The SMILES string of the molecule is [CH2-]CCC1[CH-]CN=CC1.[Y]. The van der Waals surface area contributed by atoms with Gasteiger partial charge >= 0.3 is 0 Å². The minimum absolute atomic E-state index is 0. The maximum Gasteiger partial charge on any atom is 0 e.